The van der Waals surface area contributed by atoms with Gasteiger partial charge in [-0.2, -0.15) is 0 Å². The maximum atomic E-state index is 12.9. The van der Waals surface area contributed by atoms with Crippen LogP contribution in [0.2, 0.25) is 0 Å². The third-order valence-electron chi connectivity index (χ3n) is 4.35. The number of benzene rings is 1. The van der Waals surface area contributed by atoms with Gasteiger partial charge < -0.3 is 4.90 Å². The molecule has 1 aromatic rings. The zero-order valence-electron chi connectivity index (χ0n) is 14.8. The number of carbonyl (C=O) groups is 1. The average molecular weight is 332 g/mol. The highest BCUT2D eigenvalue weighted by atomic mass is 32.2. The molecule has 0 saturated heterocycles. The molecule has 0 N–H and O–H groups in total. The zero-order chi connectivity index (χ0) is 16.9. The Balaban J connectivity index is 2.20. The Morgan fingerprint density at radius 2 is 1.83 bits per heavy atom. The Labute approximate surface area is 145 Å². The maximum Gasteiger partial charge on any atom is 0.282 e. The highest BCUT2D eigenvalue weighted by Gasteiger charge is 2.35. The summed E-state index contributed by atoms with van der Waals surface area (Å²) in [5.41, 5.74) is 1.31. The van der Waals surface area contributed by atoms with Gasteiger partial charge in [0.1, 0.15) is 0 Å². The van der Waals surface area contributed by atoms with Gasteiger partial charge >= 0.3 is 0 Å². The van der Waals surface area contributed by atoms with Crippen molar-refractivity contribution in [1.29, 1.82) is 0 Å². The van der Waals surface area contributed by atoms with Crippen LogP contribution in [-0.2, 0) is 6.42 Å². The molecule has 126 valence electrons. The van der Waals surface area contributed by atoms with Gasteiger partial charge in [0.05, 0.1) is 0 Å². The quantitative estimate of drug-likeness (QED) is 0.647. The summed E-state index contributed by atoms with van der Waals surface area (Å²) < 4.78 is -0.0985. The molecule has 0 saturated carbocycles. The Morgan fingerprint density at radius 1 is 1.17 bits per heavy atom. The molecule has 0 bridgehead atoms. The maximum absolute atomic E-state index is 12.9. The summed E-state index contributed by atoms with van der Waals surface area (Å²) in [5.74, 6) is 0. The second-order valence-corrected chi connectivity index (χ2v) is 8.35. The lowest BCUT2D eigenvalue weighted by Crippen LogP contribution is -2.42. The number of allylic oxidation sites excluding steroid dienone is 1. The summed E-state index contributed by atoms with van der Waals surface area (Å²) >= 11 is 1.53. The fourth-order valence-corrected chi connectivity index (χ4v) is 4.88. The first-order chi connectivity index (χ1) is 10.9. The van der Waals surface area contributed by atoms with E-state index in [1.807, 2.05) is 11.0 Å². The summed E-state index contributed by atoms with van der Waals surface area (Å²) in [6.45, 7) is 8.39. The second-order valence-electron chi connectivity index (χ2n) is 6.98. The summed E-state index contributed by atoms with van der Waals surface area (Å²) in [7, 11) is 0. The predicted molar refractivity (Wildman–Crippen MR) is 101 cm³/mol. The van der Waals surface area contributed by atoms with E-state index in [1.54, 1.807) is 0 Å². The molecule has 23 heavy (non-hydrogen) atoms. The van der Waals surface area contributed by atoms with E-state index in [9.17, 15) is 4.79 Å². The minimum Gasteiger partial charge on any atom is -0.329 e. The molecule has 1 aromatic carbocycles. The van der Waals surface area contributed by atoms with Gasteiger partial charge in [-0.05, 0) is 58.9 Å². The van der Waals surface area contributed by atoms with E-state index in [4.69, 9.17) is 0 Å². The lowest BCUT2D eigenvalue weighted by Gasteiger charge is -2.37. The van der Waals surface area contributed by atoms with Crippen molar-refractivity contribution in [2.24, 2.45) is 0 Å². The van der Waals surface area contributed by atoms with Crippen molar-refractivity contribution < 1.29 is 4.79 Å². The molecule has 0 aromatic heterocycles. The van der Waals surface area contributed by atoms with Gasteiger partial charge in [-0.1, -0.05) is 54.2 Å². The van der Waals surface area contributed by atoms with Gasteiger partial charge in [-0.3, -0.25) is 4.79 Å². The smallest absolute Gasteiger partial charge is 0.282 e. The van der Waals surface area contributed by atoms with Crippen LogP contribution in [0.3, 0.4) is 0 Å². The normalized spacial score (nSPS) is 21.0. The summed E-state index contributed by atoms with van der Waals surface area (Å²) in [4.78, 5) is 14.9. The van der Waals surface area contributed by atoms with Crippen molar-refractivity contribution in [3.05, 3.63) is 48.0 Å². The highest BCUT2D eigenvalue weighted by Crippen LogP contribution is 2.40. The number of nitrogens with zero attached hydrogens (tertiary/aromatic N) is 1. The molecular weight excluding hydrogens is 302 g/mol. The molecule has 1 amide bonds. The number of amides is 1. The van der Waals surface area contributed by atoms with Gasteiger partial charge in [0.2, 0.25) is 0 Å². The zero-order valence-corrected chi connectivity index (χ0v) is 15.6. The molecule has 0 radical (unpaired) electrons. The van der Waals surface area contributed by atoms with Crippen molar-refractivity contribution in [3.8, 4) is 0 Å². The molecule has 1 aliphatic rings. The third-order valence-corrected chi connectivity index (χ3v) is 5.63. The number of thioether (sulfide) groups is 1. The van der Waals surface area contributed by atoms with Crippen LogP contribution in [0.4, 0.5) is 4.79 Å². The van der Waals surface area contributed by atoms with Crippen LogP contribution in [0.5, 0.6) is 0 Å². The van der Waals surface area contributed by atoms with Gasteiger partial charge in [0.25, 0.3) is 5.24 Å². The fourth-order valence-electron chi connectivity index (χ4n) is 3.35. The number of carbonyl (C=O) groups excluding carboxylic acids is 1. The molecule has 2 rings (SSSR count). The van der Waals surface area contributed by atoms with Crippen molar-refractivity contribution in [1.82, 2.24) is 4.90 Å². The minimum absolute atomic E-state index is 0.0985. The highest BCUT2D eigenvalue weighted by molar-refractivity contribution is 8.14. The largest absolute Gasteiger partial charge is 0.329 e. The first kappa shape index (κ1) is 18.1. The van der Waals surface area contributed by atoms with E-state index in [2.05, 4.69) is 64.1 Å². The number of rotatable bonds is 5. The van der Waals surface area contributed by atoms with Crippen LogP contribution >= 0.6 is 11.8 Å². The summed E-state index contributed by atoms with van der Waals surface area (Å²) in [6, 6.07) is 11.0. The fraction of sp³-hybridized carbons (Fsp3) is 0.550. The van der Waals surface area contributed by atoms with E-state index in [0.29, 0.717) is 0 Å². The molecular formula is C20H29NOS. The van der Waals surface area contributed by atoms with Crippen LogP contribution in [0, 0.1) is 0 Å². The van der Waals surface area contributed by atoms with Crippen LogP contribution in [0.15, 0.2) is 42.5 Å². The van der Waals surface area contributed by atoms with Crippen LogP contribution in [-0.4, -0.2) is 27.0 Å². The van der Waals surface area contributed by atoms with Crippen molar-refractivity contribution >= 4 is 17.0 Å². The molecule has 0 spiro atoms. The Morgan fingerprint density at radius 3 is 2.35 bits per heavy atom. The molecule has 0 unspecified atom stereocenters. The van der Waals surface area contributed by atoms with Crippen LogP contribution < -0.4 is 0 Å². The van der Waals surface area contributed by atoms with Gasteiger partial charge in [-0.15, -0.1) is 0 Å². The Hall–Kier alpha value is -1.22. The second kappa shape index (κ2) is 8.05. The standard InChI is InChI=1S/C20H29NOS/c1-16(2)21(17(3)4)19(22)23-20(13-9-6-10-14-20)15-18-11-7-5-8-12-18/h5,7-9,11-13,16-17H,6,10,14-15H2,1-4H3/t20-/m1/s1. The molecule has 1 aliphatic carbocycles. The Bertz CT molecular complexity index is 530. The van der Waals surface area contributed by atoms with E-state index in [-0.39, 0.29) is 22.1 Å². The predicted octanol–water partition coefficient (Wildman–Crippen LogP) is 5.68. The van der Waals surface area contributed by atoms with Gasteiger partial charge in [-0.25, -0.2) is 0 Å². The number of hydrogen-bond acceptors (Lipinski definition) is 2. The molecule has 0 aliphatic heterocycles. The van der Waals surface area contributed by atoms with Crippen LogP contribution in [0.1, 0.15) is 52.5 Å². The van der Waals surface area contributed by atoms with Gasteiger partial charge in [0, 0.05) is 16.8 Å². The van der Waals surface area contributed by atoms with E-state index < -0.39 is 0 Å². The molecule has 2 nitrogen and oxygen atoms in total. The molecule has 1 atom stereocenters. The van der Waals surface area contributed by atoms with Crippen LogP contribution in [0.25, 0.3) is 0 Å². The first-order valence-electron chi connectivity index (χ1n) is 8.66. The minimum atomic E-state index is -0.0985. The SMILES string of the molecule is CC(C)N(C(=O)S[C@]1(Cc2ccccc2)C=CCCC1)C(C)C. The van der Waals surface area contributed by atoms with Crippen molar-refractivity contribution in [2.75, 3.05) is 0 Å². The molecule has 0 heterocycles. The van der Waals surface area contributed by atoms with E-state index >= 15 is 0 Å². The molecule has 0 fully saturated rings. The lowest BCUT2D eigenvalue weighted by atomic mass is 9.89. The van der Waals surface area contributed by atoms with Gasteiger partial charge in [0.15, 0.2) is 0 Å². The topological polar surface area (TPSA) is 20.3 Å². The monoisotopic (exact) mass is 331 g/mol. The lowest BCUT2D eigenvalue weighted by molar-refractivity contribution is 0.189. The van der Waals surface area contributed by atoms with Crippen molar-refractivity contribution in [2.45, 2.75) is 70.2 Å². The summed E-state index contributed by atoms with van der Waals surface area (Å²) in [6.07, 6.45) is 8.81. The average Bonchev–Trinajstić information content (AvgIpc) is 2.48. The number of hydrogen-bond donors (Lipinski definition) is 0. The van der Waals surface area contributed by atoms with Crippen molar-refractivity contribution in [3.63, 3.8) is 0 Å². The summed E-state index contributed by atoms with van der Waals surface area (Å²) in [5, 5.41) is 0.206. The van der Waals surface area contributed by atoms with E-state index in [0.717, 1.165) is 25.7 Å². The molecule has 3 heteroatoms. The van der Waals surface area contributed by atoms with E-state index in [1.165, 1.54) is 17.3 Å². The Kier molecular flexibility index (Phi) is 6.34. The third kappa shape index (κ3) is 4.87. The first-order valence-corrected chi connectivity index (χ1v) is 9.48.